The molecule has 0 atom stereocenters. The summed E-state index contributed by atoms with van der Waals surface area (Å²) >= 11 is 0. The molecule has 3 amide bonds. The highest BCUT2D eigenvalue weighted by Gasteiger charge is 2.25. The second-order valence-corrected chi connectivity index (χ2v) is 8.59. The van der Waals surface area contributed by atoms with Crippen LogP contribution in [0.3, 0.4) is 0 Å². The summed E-state index contributed by atoms with van der Waals surface area (Å²) in [5.41, 5.74) is 5.87. The van der Waals surface area contributed by atoms with E-state index >= 15 is 0 Å². The van der Waals surface area contributed by atoms with Crippen molar-refractivity contribution in [3.8, 4) is 11.1 Å². The van der Waals surface area contributed by atoms with Gasteiger partial charge in [0.25, 0.3) is 5.91 Å². The van der Waals surface area contributed by atoms with E-state index in [9.17, 15) is 9.59 Å². The molecule has 2 aromatic carbocycles. The number of fused-ring (bicyclic) bond motifs is 1. The average molecular weight is 451 g/mol. The van der Waals surface area contributed by atoms with E-state index in [1.807, 2.05) is 24.3 Å². The van der Waals surface area contributed by atoms with Crippen molar-refractivity contribution in [2.75, 3.05) is 5.32 Å². The quantitative estimate of drug-likeness (QED) is 0.307. The Bertz CT molecular complexity index is 1440. The van der Waals surface area contributed by atoms with Crippen LogP contribution in [0, 0.1) is 0 Å². The molecule has 4 aromatic rings. The molecule has 0 spiro atoms. The van der Waals surface area contributed by atoms with E-state index in [2.05, 4.69) is 57.4 Å². The van der Waals surface area contributed by atoms with E-state index in [0.717, 1.165) is 29.9 Å². The molecule has 0 radical (unpaired) electrons. The van der Waals surface area contributed by atoms with Crippen molar-refractivity contribution in [2.45, 2.75) is 25.3 Å². The topological polar surface area (TPSA) is 100 Å². The molecule has 0 unspecified atom stereocenters. The molecule has 2 fully saturated rings. The number of carbonyl (C=O) groups excluding carboxylic acids is 2. The number of anilines is 1. The summed E-state index contributed by atoms with van der Waals surface area (Å²) in [5, 5.41) is 12.7. The van der Waals surface area contributed by atoms with Crippen LogP contribution in [0.25, 0.3) is 22.9 Å². The van der Waals surface area contributed by atoms with Gasteiger partial charge in [0.05, 0.1) is 11.9 Å². The monoisotopic (exact) mass is 450 g/mol. The Morgan fingerprint density at radius 1 is 1.00 bits per heavy atom. The summed E-state index contributed by atoms with van der Waals surface area (Å²) in [6.07, 6.45) is 6.18. The maximum atomic E-state index is 12.0. The molecule has 1 saturated carbocycles. The molecule has 1 aliphatic carbocycles. The highest BCUT2D eigenvalue weighted by Crippen LogP contribution is 2.27. The van der Waals surface area contributed by atoms with E-state index < -0.39 is 11.9 Å². The Labute approximate surface area is 195 Å². The van der Waals surface area contributed by atoms with Gasteiger partial charge in [-0.2, -0.15) is 9.61 Å². The highest BCUT2D eigenvalue weighted by molar-refractivity contribution is 6.14. The fourth-order valence-corrected chi connectivity index (χ4v) is 4.05. The second kappa shape index (κ2) is 8.15. The normalized spacial score (nSPS) is 16.6. The number of benzene rings is 2. The predicted octanol–water partition coefficient (Wildman–Crippen LogP) is 3.74. The van der Waals surface area contributed by atoms with Crippen molar-refractivity contribution in [1.82, 2.24) is 25.2 Å². The summed E-state index contributed by atoms with van der Waals surface area (Å²) in [7, 11) is 0. The van der Waals surface area contributed by atoms with Crippen LogP contribution < -0.4 is 16.0 Å². The minimum absolute atomic E-state index is 0.181. The van der Waals surface area contributed by atoms with E-state index in [4.69, 9.17) is 4.98 Å². The maximum Gasteiger partial charge on any atom is 0.326 e. The minimum atomic E-state index is -0.531. The van der Waals surface area contributed by atoms with Gasteiger partial charge in [0, 0.05) is 24.1 Å². The molecule has 1 aliphatic heterocycles. The van der Waals surface area contributed by atoms with Gasteiger partial charge in [-0.15, -0.1) is 0 Å². The van der Waals surface area contributed by atoms with E-state index in [1.165, 1.54) is 11.1 Å². The fourth-order valence-electron chi connectivity index (χ4n) is 4.05. The third-order valence-electron chi connectivity index (χ3n) is 5.95. The molecule has 2 aliphatic rings. The number of rotatable bonds is 6. The van der Waals surface area contributed by atoms with Crippen molar-refractivity contribution in [2.24, 2.45) is 0 Å². The lowest BCUT2D eigenvalue weighted by Crippen LogP contribution is -2.22. The summed E-state index contributed by atoms with van der Waals surface area (Å²) in [6, 6.07) is 20.7. The lowest BCUT2D eigenvalue weighted by atomic mass is 10.0. The van der Waals surface area contributed by atoms with Gasteiger partial charge in [0.2, 0.25) is 0 Å². The summed E-state index contributed by atoms with van der Waals surface area (Å²) in [5.74, 6) is 0.406. The predicted molar refractivity (Wildman–Crippen MR) is 129 cm³/mol. The van der Waals surface area contributed by atoms with Crippen LogP contribution in [-0.2, 0) is 11.2 Å². The number of imide groups is 1. The van der Waals surface area contributed by atoms with Gasteiger partial charge in [-0.3, -0.25) is 10.1 Å². The van der Waals surface area contributed by atoms with Gasteiger partial charge in [-0.05, 0) is 35.6 Å². The van der Waals surface area contributed by atoms with Gasteiger partial charge in [0.1, 0.15) is 11.5 Å². The summed E-state index contributed by atoms with van der Waals surface area (Å²) in [6.45, 7) is 0. The van der Waals surface area contributed by atoms with Crippen LogP contribution in [0.1, 0.15) is 29.7 Å². The SMILES string of the molecule is O=C1NC(=O)/C(=C/c2cnn3c(NC4CC4)cc(Cc4ccc(-c5ccccc5)cc4)nc23)N1. The molecule has 1 saturated heterocycles. The van der Waals surface area contributed by atoms with Gasteiger partial charge in [-0.1, -0.05) is 54.6 Å². The van der Waals surface area contributed by atoms with Crippen LogP contribution in [0.2, 0.25) is 0 Å². The van der Waals surface area contributed by atoms with Crippen molar-refractivity contribution in [3.05, 3.63) is 89.4 Å². The standard InChI is InChI=1S/C26H22N6O2/c33-25-22(30-26(34)31-25)13-19-15-27-32-23(28-20-10-11-20)14-21(29-24(19)32)12-16-6-8-18(9-7-16)17-4-2-1-3-5-17/h1-9,13-15,20,28H,10-12H2,(H2,30,31,33,34)/b22-13-. The molecule has 168 valence electrons. The van der Waals surface area contributed by atoms with E-state index in [1.54, 1.807) is 16.8 Å². The Hall–Kier alpha value is -4.46. The first-order chi connectivity index (χ1) is 16.6. The molecule has 8 heteroatoms. The van der Waals surface area contributed by atoms with Crippen molar-refractivity contribution < 1.29 is 9.59 Å². The maximum absolute atomic E-state index is 12.0. The van der Waals surface area contributed by atoms with Gasteiger partial charge >= 0.3 is 6.03 Å². The van der Waals surface area contributed by atoms with Gasteiger partial charge < -0.3 is 10.6 Å². The Morgan fingerprint density at radius 3 is 2.47 bits per heavy atom. The molecule has 3 N–H and O–H groups in total. The number of hydrogen-bond acceptors (Lipinski definition) is 5. The van der Waals surface area contributed by atoms with E-state index in [0.29, 0.717) is 23.7 Å². The zero-order valence-corrected chi connectivity index (χ0v) is 18.3. The Morgan fingerprint density at radius 2 is 1.76 bits per heavy atom. The lowest BCUT2D eigenvalue weighted by molar-refractivity contribution is -0.115. The molecule has 34 heavy (non-hydrogen) atoms. The zero-order valence-electron chi connectivity index (χ0n) is 18.3. The first-order valence-corrected chi connectivity index (χ1v) is 11.2. The second-order valence-electron chi connectivity index (χ2n) is 8.59. The fraction of sp³-hybridized carbons (Fsp3) is 0.154. The van der Waals surface area contributed by atoms with Gasteiger partial charge in [0.15, 0.2) is 5.65 Å². The smallest absolute Gasteiger partial charge is 0.326 e. The zero-order chi connectivity index (χ0) is 23.1. The molecular weight excluding hydrogens is 428 g/mol. The number of hydrogen-bond donors (Lipinski definition) is 3. The van der Waals surface area contributed by atoms with Crippen LogP contribution >= 0.6 is 0 Å². The van der Waals surface area contributed by atoms with Crippen molar-refractivity contribution in [1.29, 1.82) is 0 Å². The van der Waals surface area contributed by atoms with Crippen LogP contribution in [-0.4, -0.2) is 32.6 Å². The number of amides is 3. The highest BCUT2D eigenvalue weighted by atomic mass is 16.2. The van der Waals surface area contributed by atoms with E-state index in [-0.39, 0.29) is 5.70 Å². The largest absolute Gasteiger partial charge is 0.367 e. The first kappa shape index (κ1) is 20.2. The number of nitrogens with one attached hydrogen (secondary N) is 3. The molecular formula is C26H22N6O2. The number of aromatic nitrogens is 3. The Kier molecular flexibility index (Phi) is 4.83. The average Bonchev–Trinajstić information content (AvgIpc) is 3.48. The minimum Gasteiger partial charge on any atom is -0.367 e. The number of nitrogens with zero attached hydrogens (tertiary/aromatic N) is 3. The van der Waals surface area contributed by atoms with Crippen molar-refractivity contribution in [3.63, 3.8) is 0 Å². The third-order valence-corrected chi connectivity index (χ3v) is 5.95. The number of urea groups is 1. The third kappa shape index (κ3) is 4.01. The molecule has 3 heterocycles. The summed E-state index contributed by atoms with van der Waals surface area (Å²) in [4.78, 5) is 28.3. The van der Waals surface area contributed by atoms with Crippen molar-refractivity contribution >= 4 is 29.5 Å². The van der Waals surface area contributed by atoms with Gasteiger partial charge in [-0.25, -0.2) is 9.78 Å². The van der Waals surface area contributed by atoms with Crippen LogP contribution in [0.4, 0.5) is 10.6 Å². The molecule has 8 nitrogen and oxygen atoms in total. The molecule has 0 bridgehead atoms. The number of carbonyl (C=O) groups is 2. The molecule has 2 aromatic heterocycles. The first-order valence-electron chi connectivity index (χ1n) is 11.2. The summed E-state index contributed by atoms with van der Waals surface area (Å²) < 4.78 is 1.75. The van der Waals surface area contributed by atoms with Crippen LogP contribution in [0.5, 0.6) is 0 Å². The molecule has 6 rings (SSSR count). The van der Waals surface area contributed by atoms with Crippen LogP contribution in [0.15, 0.2) is 72.6 Å². The lowest BCUT2D eigenvalue weighted by Gasteiger charge is -2.11. The Balaban J connectivity index is 1.34.